The van der Waals surface area contributed by atoms with Gasteiger partial charge in [-0.25, -0.2) is 9.97 Å². The molecule has 0 radical (unpaired) electrons. The molecule has 0 saturated carbocycles. The lowest BCUT2D eigenvalue weighted by Crippen LogP contribution is -2.47. The van der Waals surface area contributed by atoms with Crippen LogP contribution in [-0.4, -0.2) is 51.9 Å². The van der Waals surface area contributed by atoms with Crippen molar-refractivity contribution >= 4 is 34.6 Å². The Balaban J connectivity index is 1.41. The molecular formula is C21H19N7O5. The van der Waals surface area contributed by atoms with Gasteiger partial charge in [0.25, 0.3) is 17.3 Å². The SMILES string of the molecule is O=C(Nc1cnc(N2CCN(c3ccccc3)CC2)nc1)c1cc([N+](=O)[O-])cc([N+](=O)[O-])c1. The Bertz CT molecular complexity index is 1150. The lowest BCUT2D eigenvalue weighted by molar-refractivity contribution is -0.394. The van der Waals surface area contributed by atoms with E-state index in [4.69, 9.17) is 0 Å². The van der Waals surface area contributed by atoms with E-state index >= 15 is 0 Å². The smallest absolute Gasteiger partial charge is 0.277 e. The highest BCUT2D eigenvalue weighted by molar-refractivity contribution is 6.05. The third-order valence-electron chi connectivity index (χ3n) is 5.17. The number of nitro benzene ring substituents is 2. The summed E-state index contributed by atoms with van der Waals surface area (Å²) in [5, 5.41) is 24.6. The number of piperazine rings is 1. The van der Waals surface area contributed by atoms with Crippen LogP contribution in [0.15, 0.2) is 60.9 Å². The number of rotatable bonds is 6. The third kappa shape index (κ3) is 5.01. The number of amides is 1. The summed E-state index contributed by atoms with van der Waals surface area (Å²) in [5.74, 6) is -0.221. The minimum absolute atomic E-state index is 0.211. The summed E-state index contributed by atoms with van der Waals surface area (Å²) in [6, 6.07) is 12.9. The molecule has 12 nitrogen and oxygen atoms in total. The summed E-state index contributed by atoms with van der Waals surface area (Å²) >= 11 is 0. The van der Waals surface area contributed by atoms with Gasteiger partial charge in [-0.1, -0.05) is 18.2 Å². The van der Waals surface area contributed by atoms with Gasteiger partial charge in [-0.05, 0) is 12.1 Å². The van der Waals surface area contributed by atoms with E-state index in [1.807, 2.05) is 23.1 Å². The van der Waals surface area contributed by atoms with E-state index in [9.17, 15) is 25.0 Å². The van der Waals surface area contributed by atoms with Gasteiger partial charge in [0.1, 0.15) is 0 Å². The molecule has 0 bridgehead atoms. The molecule has 1 aromatic heterocycles. The quantitative estimate of drug-likeness (QED) is 0.443. The first-order chi connectivity index (χ1) is 15.9. The third-order valence-corrected chi connectivity index (χ3v) is 5.17. The Morgan fingerprint density at radius 2 is 1.39 bits per heavy atom. The number of nitrogens with one attached hydrogen (secondary N) is 1. The standard InChI is InChI=1S/C21H19N7O5/c29-20(15-10-18(27(30)31)12-19(11-15)28(32)33)24-16-13-22-21(23-14-16)26-8-6-25(7-9-26)17-4-2-1-3-5-17/h1-5,10-14H,6-9H2,(H,24,29). The highest BCUT2D eigenvalue weighted by atomic mass is 16.6. The molecule has 0 unspecified atom stereocenters. The van der Waals surface area contributed by atoms with Crippen LogP contribution in [0.2, 0.25) is 0 Å². The normalized spacial score (nSPS) is 13.5. The molecule has 1 N–H and O–H groups in total. The van der Waals surface area contributed by atoms with Gasteiger partial charge in [0.2, 0.25) is 5.95 Å². The molecule has 12 heteroatoms. The highest BCUT2D eigenvalue weighted by Gasteiger charge is 2.21. The molecule has 0 spiro atoms. The number of para-hydroxylation sites is 1. The van der Waals surface area contributed by atoms with E-state index in [0.717, 1.165) is 50.1 Å². The number of nitro groups is 2. The van der Waals surface area contributed by atoms with Crippen molar-refractivity contribution in [3.63, 3.8) is 0 Å². The van der Waals surface area contributed by atoms with Gasteiger partial charge in [0.05, 0.1) is 39.6 Å². The Morgan fingerprint density at radius 3 is 1.94 bits per heavy atom. The minimum atomic E-state index is -0.792. The molecule has 2 aromatic carbocycles. The molecule has 33 heavy (non-hydrogen) atoms. The second-order valence-corrected chi connectivity index (χ2v) is 7.29. The van der Waals surface area contributed by atoms with Gasteiger partial charge in [-0.15, -0.1) is 0 Å². The molecule has 2 heterocycles. The Kier molecular flexibility index (Phi) is 6.06. The summed E-state index contributed by atoms with van der Waals surface area (Å²) in [6.45, 7) is 3.10. The maximum absolute atomic E-state index is 12.5. The van der Waals surface area contributed by atoms with E-state index in [2.05, 4.69) is 32.3 Å². The molecule has 3 aromatic rings. The topological polar surface area (TPSA) is 148 Å². The largest absolute Gasteiger partial charge is 0.368 e. The number of anilines is 3. The summed E-state index contributed by atoms with van der Waals surface area (Å²) in [4.78, 5) is 45.9. The van der Waals surface area contributed by atoms with Crippen molar-refractivity contribution in [3.05, 3.63) is 86.7 Å². The average Bonchev–Trinajstić information content (AvgIpc) is 2.85. The molecule has 1 saturated heterocycles. The van der Waals surface area contributed by atoms with Gasteiger partial charge in [0, 0.05) is 44.0 Å². The van der Waals surface area contributed by atoms with Gasteiger partial charge < -0.3 is 15.1 Å². The van der Waals surface area contributed by atoms with E-state index < -0.39 is 27.1 Å². The zero-order chi connectivity index (χ0) is 23.4. The fourth-order valence-electron chi connectivity index (χ4n) is 3.49. The number of hydrogen-bond acceptors (Lipinski definition) is 9. The van der Waals surface area contributed by atoms with Gasteiger partial charge in [0.15, 0.2) is 0 Å². The zero-order valence-electron chi connectivity index (χ0n) is 17.3. The van der Waals surface area contributed by atoms with Gasteiger partial charge in [-0.3, -0.25) is 25.0 Å². The van der Waals surface area contributed by atoms with Crippen LogP contribution in [0.5, 0.6) is 0 Å². The Hall–Kier alpha value is -4.61. The summed E-state index contributed by atoms with van der Waals surface area (Å²) in [7, 11) is 0. The van der Waals surface area contributed by atoms with Crippen LogP contribution in [0.25, 0.3) is 0 Å². The van der Waals surface area contributed by atoms with E-state index in [1.165, 1.54) is 12.4 Å². The molecule has 1 amide bonds. The minimum Gasteiger partial charge on any atom is -0.368 e. The zero-order valence-corrected chi connectivity index (χ0v) is 17.3. The molecule has 1 aliphatic rings. The fraction of sp³-hybridized carbons (Fsp3) is 0.190. The molecule has 1 fully saturated rings. The summed E-state index contributed by atoms with van der Waals surface area (Å²) in [5.41, 5.74) is 0.126. The molecule has 0 aliphatic carbocycles. The average molecular weight is 449 g/mol. The first-order valence-electron chi connectivity index (χ1n) is 10.0. The van der Waals surface area contributed by atoms with Crippen molar-refractivity contribution in [2.75, 3.05) is 41.3 Å². The molecule has 0 atom stereocenters. The number of hydrogen-bond donors (Lipinski definition) is 1. The summed E-state index contributed by atoms with van der Waals surface area (Å²) < 4.78 is 0. The maximum atomic E-state index is 12.5. The first-order valence-corrected chi connectivity index (χ1v) is 10.0. The van der Waals surface area contributed by atoms with Crippen LogP contribution in [0.3, 0.4) is 0 Å². The second kappa shape index (κ2) is 9.26. The molecule has 4 rings (SSSR count). The van der Waals surface area contributed by atoms with Crippen LogP contribution in [0.1, 0.15) is 10.4 Å². The number of carbonyl (C=O) groups excluding carboxylic acids is 1. The molecular weight excluding hydrogens is 430 g/mol. The van der Waals surface area contributed by atoms with E-state index in [0.29, 0.717) is 5.95 Å². The van der Waals surface area contributed by atoms with Crippen LogP contribution in [0.4, 0.5) is 28.7 Å². The van der Waals surface area contributed by atoms with Crippen molar-refractivity contribution in [1.29, 1.82) is 0 Å². The van der Waals surface area contributed by atoms with Crippen molar-refractivity contribution in [3.8, 4) is 0 Å². The Morgan fingerprint density at radius 1 is 0.848 bits per heavy atom. The van der Waals surface area contributed by atoms with Crippen LogP contribution in [0, 0.1) is 20.2 Å². The van der Waals surface area contributed by atoms with Crippen molar-refractivity contribution in [1.82, 2.24) is 9.97 Å². The van der Waals surface area contributed by atoms with E-state index in [1.54, 1.807) is 0 Å². The predicted molar refractivity (Wildman–Crippen MR) is 121 cm³/mol. The van der Waals surface area contributed by atoms with Gasteiger partial charge >= 0.3 is 0 Å². The Labute approximate surface area is 187 Å². The number of nitrogens with zero attached hydrogens (tertiary/aromatic N) is 6. The van der Waals surface area contributed by atoms with Crippen LogP contribution in [-0.2, 0) is 0 Å². The van der Waals surface area contributed by atoms with Crippen molar-refractivity contribution in [2.45, 2.75) is 0 Å². The number of non-ortho nitro benzene ring substituents is 2. The number of benzene rings is 2. The summed E-state index contributed by atoms with van der Waals surface area (Å²) in [6.07, 6.45) is 2.85. The lowest BCUT2D eigenvalue weighted by Gasteiger charge is -2.36. The maximum Gasteiger partial charge on any atom is 0.277 e. The van der Waals surface area contributed by atoms with E-state index in [-0.39, 0.29) is 11.3 Å². The molecule has 1 aliphatic heterocycles. The number of aromatic nitrogens is 2. The lowest BCUT2D eigenvalue weighted by atomic mass is 10.1. The predicted octanol–water partition coefficient (Wildman–Crippen LogP) is 2.87. The highest BCUT2D eigenvalue weighted by Crippen LogP contribution is 2.24. The number of carbonyl (C=O) groups is 1. The fourth-order valence-corrected chi connectivity index (χ4v) is 3.49. The molecule has 168 valence electrons. The van der Waals surface area contributed by atoms with Crippen molar-refractivity contribution < 1.29 is 14.6 Å². The van der Waals surface area contributed by atoms with Gasteiger partial charge in [-0.2, -0.15) is 0 Å². The monoisotopic (exact) mass is 449 g/mol. The van der Waals surface area contributed by atoms with Crippen LogP contribution >= 0.6 is 0 Å². The van der Waals surface area contributed by atoms with Crippen LogP contribution < -0.4 is 15.1 Å². The van der Waals surface area contributed by atoms with Crippen molar-refractivity contribution in [2.24, 2.45) is 0 Å². The second-order valence-electron chi connectivity index (χ2n) is 7.29. The first kappa shape index (κ1) is 21.6.